The summed E-state index contributed by atoms with van der Waals surface area (Å²) in [5.74, 6) is 0. The lowest BCUT2D eigenvalue weighted by Gasteiger charge is -2.19. The number of aryl methyl sites for hydroxylation is 3. The SMILES string of the molecule is CC(=NOCc1c(C)cccc1-n1nnn(C)c1=O)c1cccc2c1CCCC2. The van der Waals surface area contributed by atoms with Crippen LogP contribution in [0.2, 0.25) is 0 Å². The van der Waals surface area contributed by atoms with Gasteiger partial charge in [-0.15, -0.1) is 0 Å². The van der Waals surface area contributed by atoms with Crippen LogP contribution in [0.5, 0.6) is 0 Å². The van der Waals surface area contributed by atoms with E-state index in [9.17, 15) is 4.79 Å². The predicted molar refractivity (Wildman–Crippen MR) is 111 cm³/mol. The van der Waals surface area contributed by atoms with Crippen molar-refractivity contribution in [2.75, 3.05) is 0 Å². The van der Waals surface area contributed by atoms with Crippen LogP contribution in [0.3, 0.4) is 0 Å². The fraction of sp³-hybridized carbons (Fsp3) is 0.364. The molecule has 0 bridgehead atoms. The summed E-state index contributed by atoms with van der Waals surface area (Å²) in [7, 11) is 1.58. The Kier molecular flexibility index (Phi) is 5.29. The first-order valence-electron chi connectivity index (χ1n) is 9.92. The Bertz CT molecular complexity index is 1130. The molecular formula is C22H25N5O2. The van der Waals surface area contributed by atoms with Crippen molar-refractivity contribution in [1.82, 2.24) is 19.8 Å². The van der Waals surface area contributed by atoms with E-state index in [1.807, 2.05) is 32.0 Å². The van der Waals surface area contributed by atoms with Gasteiger partial charge in [-0.3, -0.25) is 0 Å². The number of hydrogen-bond acceptors (Lipinski definition) is 5. The van der Waals surface area contributed by atoms with Crippen molar-refractivity contribution in [1.29, 1.82) is 0 Å². The Balaban J connectivity index is 1.59. The lowest BCUT2D eigenvalue weighted by molar-refractivity contribution is 0.130. The van der Waals surface area contributed by atoms with Gasteiger partial charge >= 0.3 is 5.69 Å². The van der Waals surface area contributed by atoms with Crippen molar-refractivity contribution in [3.63, 3.8) is 0 Å². The van der Waals surface area contributed by atoms with Crippen molar-refractivity contribution < 1.29 is 4.84 Å². The molecule has 4 rings (SSSR count). The Hall–Kier alpha value is -3.22. The van der Waals surface area contributed by atoms with Crippen molar-refractivity contribution in [3.05, 3.63) is 74.7 Å². The van der Waals surface area contributed by atoms with Crippen LogP contribution in [0.25, 0.3) is 5.69 Å². The van der Waals surface area contributed by atoms with Crippen molar-refractivity contribution in [2.24, 2.45) is 12.2 Å². The summed E-state index contributed by atoms with van der Waals surface area (Å²) in [4.78, 5) is 18.0. The second kappa shape index (κ2) is 8.03. The van der Waals surface area contributed by atoms with E-state index in [4.69, 9.17) is 4.84 Å². The number of fused-ring (bicyclic) bond motifs is 1. The first kappa shape index (κ1) is 19.1. The standard InChI is InChI=1S/C22H25N5O2/c1-15-8-6-13-21(27-22(28)26(3)24-25-27)20(15)14-29-23-16(2)18-12-7-10-17-9-4-5-11-19(17)18/h6-8,10,12-13H,4-5,9,11,14H2,1-3H3. The number of tetrazole rings is 1. The van der Waals surface area contributed by atoms with Gasteiger partial charge in [-0.1, -0.05) is 35.5 Å². The molecule has 0 saturated carbocycles. The van der Waals surface area contributed by atoms with Gasteiger partial charge in [0, 0.05) is 18.2 Å². The first-order valence-corrected chi connectivity index (χ1v) is 9.92. The van der Waals surface area contributed by atoms with Gasteiger partial charge in [0.05, 0.1) is 11.4 Å². The van der Waals surface area contributed by atoms with E-state index in [0.29, 0.717) is 5.69 Å². The van der Waals surface area contributed by atoms with Crippen LogP contribution in [0.4, 0.5) is 0 Å². The third-order valence-electron chi connectivity index (χ3n) is 5.53. The molecule has 1 aliphatic rings. The number of oxime groups is 1. The zero-order valence-electron chi connectivity index (χ0n) is 17.1. The molecule has 0 saturated heterocycles. The molecule has 0 spiro atoms. The second-order valence-electron chi connectivity index (χ2n) is 7.47. The van der Waals surface area contributed by atoms with Crippen LogP contribution in [-0.2, 0) is 31.3 Å². The second-order valence-corrected chi connectivity index (χ2v) is 7.47. The van der Waals surface area contributed by atoms with Crippen LogP contribution >= 0.6 is 0 Å². The van der Waals surface area contributed by atoms with E-state index in [0.717, 1.165) is 35.2 Å². The van der Waals surface area contributed by atoms with Crippen molar-refractivity contribution in [2.45, 2.75) is 46.1 Å². The molecule has 2 aromatic carbocycles. The summed E-state index contributed by atoms with van der Waals surface area (Å²) in [5, 5.41) is 12.1. The largest absolute Gasteiger partial charge is 0.391 e. The normalized spacial score (nSPS) is 14.0. The highest BCUT2D eigenvalue weighted by atomic mass is 16.6. The molecule has 0 amide bonds. The Morgan fingerprint density at radius 3 is 2.72 bits per heavy atom. The van der Waals surface area contributed by atoms with Crippen LogP contribution < -0.4 is 5.69 Å². The zero-order valence-corrected chi connectivity index (χ0v) is 17.1. The van der Waals surface area contributed by atoms with Gasteiger partial charge < -0.3 is 4.84 Å². The van der Waals surface area contributed by atoms with Crippen LogP contribution in [-0.4, -0.2) is 25.5 Å². The molecule has 1 aromatic heterocycles. The lowest BCUT2D eigenvalue weighted by Crippen LogP contribution is -2.23. The summed E-state index contributed by atoms with van der Waals surface area (Å²) in [6.45, 7) is 4.21. The van der Waals surface area contributed by atoms with Crippen LogP contribution in [0.15, 0.2) is 46.3 Å². The van der Waals surface area contributed by atoms with Crippen LogP contribution in [0, 0.1) is 6.92 Å². The maximum absolute atomic E-state index is 12.3. The molecule has 1 aliphatic carbocycles. The minimum absolute atomic E-state index is 0.247. The van der Waals surface area contributed by atoms with Gasteiger partial charge in [0.15, 0.2) is 0 Å². The Labute approximate surface area is 169 Å². The quantitative estimate of drug-likeness (QED) is 0.495. The molecule has 0 radical (unpaired) electrons. The molecule has 3 aromatic rings. The molecule has 29 heavy (non-hydrogen) atoms. The van der Waals surface area contributed by atoms with E-state index in [1.165, 1.54) is 33.3 Å². The molecule has 0 fully saturated rings. The van der Waals surface area contributed by atoms with Crippen molar-refractivity contribution in [3.8, 4) is 5.69 Å². The molecule has 0 unspecified atom stereocenters. The molecule has 0 N–H and O–H groups in total. The zero-order chi connectivity index (χ0) is 20.4. The van der Waals surface area contributed by atoms with E-state index in [-0.39, 0.29) is 12.3 Å². The fourth-order valence-electron chi connectivity index (χ4n) is 3.90. The number of aromatic nitrogens is 4. The maximum atomic E-state index is 12.3. The van der Waals surface area contributed by atoms with Crippen LogP contribution in [0.1, 0.15) is 47.6 Å². The van der Waals surface area contributed by atoms with Gasteiger partial charge in [0.1, 0.15) is 6.61 Å². The molecule has 0 atom stereocenters. The van der Waals surface area contributed by atoms with Gasteiger partial charge in [-0.05, 0) is 72.7 Å². The topological polar surface area (TPSA) is 74.3 Å². The number of hydrogen-bond donors (Lipinski definition) is 0. The summed E-state index contributed by atoms with van der Waals surface area (Å²) >= 11 is 0. The van der Waals surface area contributed by atoms with Gasteiger partial charge in [-0.2, -0.15) is 9.36 Å². The predicted octanol–water partition coefficient (Wildman–Crippen LogP) is 3.09. The molecular weight excluding hydrogens is 366 g/mol. The maximum Gasteiger partial charge on any atom is 0.368 e. The molecule has 7 heteroatoms. The fourth-order valence-corrected chi connectivity index (χ4v) is 3.90. The molecule has 150 valence electrons. The average molecular weight is 391 g/mol. The summed E-state index contributed by atoms with van der Waals surface area (Å²) < 4.78 is 2.49. The average Bonchev–Trinajstić information content (AvgIpc) is 3.07. The first-order chi connectivity index (χ1) is 14.1. The summed E-state index contributed by atoms with van der Waals surface area (Å²) in [5.41, 5.74) is 7.08. The number of benzene rings is 2. The third kappa shape index (κ3) is 3.72. The molecule has 0 aliphatic heterocycles. The smallest absolute Gasteiger partial charge is 0.368 e. The monoisotopic (exact) mass is 391 g/mol. The van der Waals surface area contributed by atoms with Crippen molar-refractivity contribution >= 4 is 5.71 Å². The van der Waals surface area contributed by atoms with E-state index >= 15 is 0 Å². The van der Waals surface area contributed by atoms with E-state index in [1.54, 1.807) is 7.05 Å². The Morgan fingerprint density at radius 2 is 1.93 bits per heavy atom. The highest BCUT2D eigenvalue weighted by molar-refractivity contribution is 6.00. The van der Waals surface area contributed by atoms with E-state index in [2.05, 4.69) is 33.8 Å². The van der Waals surface area contributed by atoms with Gasteiger partial charge in [-0.25, -0.2) is 4.79 Å². The van der Waals surface area contributed by atoms with E-state index < -0.39 is 0 Å². The Morgan fingerprint density at radius 1 is 1.14 bits per heavy atom. The minimum Gasteiger partial charge on any atom is -0.391 e. The molecule has 7 nitrogen and oxygen atoms in total. The number of rotatable bonds is 5. The lowest BCUT2D eigenvalue weighted by atomic mass is 9.87. The summed E-state index contributed by atoms with van der Waals surface area (Å²) in [6, 6.07) is 12.1. The molecule has 1 heterocycles. The highest BCUT2D eigenvalue weighted by Crippen LogP contribution is 2.25. The highest BCUT2D eigenvalue weighted by Gasteiger charge is 2.16. The summed E-state index contributed by atoms with van der Waals surface area (Å²) in [6.07, 6.45) is 4.70. The number of nitrogens with zero attached hydrogens (tertiary/aromatic N) is 5. The van der Waals surface area contributed by atoms with Gasteiger partial charge in [0.2, 0.25) is 0 Å². The third-order valence-corrected chi connectivity index (χ3v) is 5.53. The minimum atomic E-state index is -0.299. The van der Waals surface area contributed by atoms with Gasteiger partial charge in [0.25, 0.3) is 0 Å².